The minimum Gasteiger partial charge on any atom is -0.392 e. The van der Waals surface area contributed by atoms with Crippen molar-refractivity contribution < 1.29 is 28.4 Å². The Kier molecular flexibility index (Phi) is 5.57. The standard InChI is InChI=1S/C13H23Cl2N2O6P/c1-12(2)20-7-9-10(22-12)11-13(8-18,21-9)16-24(19,23-11)17(5-3-14)6-4-15/h9-11,18H,3-8H2,1-2H3,(H,16,19)/t9-,10-,11-,13-,24+/m0/s1. The third-order valence-corrected chi connectivity index (χ3v) is 7.04. The third kappa shape index (κ3) is 3.27. The smallest absolute Gasteiger partial charge is 0.346 e. The largest absolute Gasteiger partial charge is 0.392 e. The Labute approximate surface area is 151 Å². The molecule has 0 aromatic heterocycles. The highest BCUT2D eigenvalue weighted by molar-refractivity contribution is 7.54. The van der Waals surface area contributed by atoms with Gasteiger partial charge in [-0.15, -0.1) is 23.2 Å². The molecule has 0 amide bonds. The van der Waals surface area contributed by atoms with Gasteiger partial charge in [-0.1, -0.05) is 0 Å². The second-order valence-corrected chi connectivity index (χ2v) is 9.28. The Hall–Kier alpha value is 0.530. The predicted octanol–water partition coefficient (Wildman–Crippen LogP) is 1.10. The Balaban J connectivity index is 1.85. The van der Waals surface area contributed by atoms with Gasteiger partial charge in [-0.05, 0) is 13.8 Å². The molecule has 0 bridgehead atoms. The fraction of sp³-hybridized carbons (Fsp3) is 1.00. The number of nitrogens with zero attached hydrogens (tertiary/aromatic N) is 1. The Bertz CT molecular complexity index is 521. The number of hydrogen-bond donors (Lipinski definition) is 2. The molecule has 3 heterocycles. The van der Waals surface area contributed by atoms with Gasteiger partial charge in [-0.2, -0.15) is 5.09 Å². The van der Waals surface area contributed by atoms with Gasteiger partial charge in [-0.3, -0.25) is 9.09 Å². The van der Waals surface area contributed by atoms with Gasteiger partial charge in [0.15, 0.2) is 11.5 Å². The highest BCUT2D eigenvalue weighted by atomic mass is 35.5. The van der Waals surface area contributed by atoms with Gasteiger partial charge in [0.05, 0.1) is 13.2 Å². The highest BCUT2D eigenvalue weighted by Crippen LogP contribution is 2.60. The van der Waals surface area contributed by atoms with Crippen LogP contribution in [0.4, 0.5) is 0 Å². The van der Waals surface area contributed by atoms with E-state index in [2.05, 4.69) is 5.09 Å². The minimum atomic E-state index is -3.47. The summed E-state index contributed by atoms with van der Waals surface area (Å²) in [5.41, 5.74) is -1.30. The van der Waals surface area contributed by atoms with Crippen LogP contribution >= 0.6 is 30.9 Å². The van der Waals surface area contributed by atoms with E-state index in [9.17, 15) is 9.67 Å². The molecule has 3 saturated heterocycles. The maximum absolute atomic E-state index is 13.3. The van der Waals surface area contributed by atoms with E-state index in [1.807, 2.05) is 0 Å². The third-order valence-electron chi connectivity index (χ3n) is 4.38. The number of halogens is 2. The summed E-state index contributed by atoms with van der Waals surface area (Å²) >= 11 is 11.6. The first-order valence-corrected chi connectivity index (χ1v) is 10.5. The van der Waals surface area contributed by atoms with E-state index >= 15 is 0 Å². The number of alkyl halides is 2. The lowest BCUT2D eigenvalue weighted by molar-refractivity contribution is -0.300. The van der Waals surface area contributed by atoms with Crippen LogP contribution in [0, 0.1) is 0 Å². The summed E-state index contributed by atoms with van der Waals surface area (Å²) in [7, 11) is -3.47. The maximum atomic E-state index is 13.3. The van der Waals surface area contributed by atoms with Crippen LogP contribution < -0.4 is 5.09 Å². The number of hydrogen-bond acceptors (Lipinski definition) is 6. The fourth-order valence-electron chi connectivity index (χ4n) is 3.30. The molecule has 0 aliphatic carbocycles. The van der Waals surface area contributed by atoms with Gasteiger partial charge >= 0.3 is 7.67 Å². The molecule has 11 heteroatoms. The van der Waals surface area contributed by atoms with Crippen molar-refractivity contribution in [3.8, 4) is 0 Å². The summed E-state index contributed by atoms with van der Waals surface area (Å²) in [6, 6.07) is 0. The molecule has 0 aromatic rings. The molecule has 3 rings (SSSR count). The van der Waals surface area contributed by atoms with Crippen LogP contribution in [0.5, 0.6) is 0 Å². The van der Waals surface area contributed by atoms with Crippen molar-refractivity contribution in [1.82, 2.24) is 9.76 Å². The molecule has 0 saturated carbocycles. The first-order valence-electron chi connectivity index (χ1n) is 7.85. The first kappa shape index (κ1) is 19.3. The van der Waals surface area contributed by atoms with Gasteiger partial charge < -0.3 is 19.3 Å². The lowest BCUT2D eigenvalue weighted by Gasteiger charge is -2.38. The average molecular weight is 405 g/mol. The minimum absolute atomic E-state index is 0.271. The number of fused-ring (bicyclic) bond motifs is 3. The van der Waals surface area contributed by atoms with Crippen molar-refractivity contribution in [3.05, 3.63) is 0 Å². The highest BCUT2D eigenvalue weighted by Gasteiger charge is 2.68. The summed E-state index contributed by atoms with van der Waals surface area (Å²) in [5.74, 6) is -0.266. The lowest BCUT2D eigenvalue weighted by atomic mass is 10.0. The van der Waals surface area contributed by atoms with Crippen molar-refractivity contribution >= 4 is 30.9 Å². The topological polar surface area (TPSA) is 89.5 Å². The summed E-state index contributed by atoms with van der Waals surface area (Å²) in [5, 5.41) is 12.8. The second-order valence-electron chi connectivity index (χ2n) is 6.49. The van der Waals surface area contributed by atoms with E-state index in [4.69, 9.17) is 41.9 Å². The second kappa shape index (κ2) is 6.93. The number of ether oxygens (including phenoxy) is 3. The van der Waals surface area contributed by atoms with E-state index in [1.165, 1.54) is 0 Å². The van der Waals surface area contributed by atoms with E-state index in [-0.39, 0.29) is 11.8 Å². The zero-order valence-corrected chi connectivity index (χ0v) is 16.0. The summed E-state index contributed by atoms with van der Waals surface area (Å²) < 4.78 is 38.2. The Morgan fingerprint density at radius 1 is 1.29 bits per heavy atom. The van der Waals surface area contributed by atoms with Crippen molar-refractivity contribution in [3.63, 3.8) is 0 Å². The maximum Gasteiger partial charge on any atom is 0.346 e. The summed E-state index contributed by atoms with van der Waals surface area (Å²) in [6.07, 6.45) is -1.64. The number of rotatable bonds is 6. The van der Waals surface area contributed by atoms with Crippen LogP contribution in [0.3, 0.4) is 0 Å². The van der Waals surface area contributed by atoms with E-state index < -0.39 is 44.1 Å². The van der Waals surface area contributed by atoms with Crippen molar-refractivity contribution in [2.24, 2.45) is 0 Å². The molecule has 3 fully saturated rings. The van der Waals surface area contributed by atoms with E-state index in [0.717, 1.165) is 0 Å². The lowest BCUT2D eigenvalue weighted by Crippen LogP contribution is -2.53. The van der Waals surface area contributed by atoms with Crippen molar-refractivity contribution in [2.45, 2.75) is 43.7 Å². The quantitative estimate of drug-likeness (QED) is 0.502. The molecule has 2 N–H and O–H groups in total. The van der Waals surface area contributed by atoms with Gasteiger partial charge in [0.2, 0.25) is 0 Å². The van der Waals surface area contributed by atoms with E-state index in [1.54, 1.807) is 18.5 Å². The molecule has 0 radical (unpaired) electrons. The Morgan fingerprint density at radius 3 is 2.54 bits per heavy atom. The van der Waals surface area contributed by atoms with Crippen LogP contribution in [0.15, 0.2) is 0 Å². The summed E-state index contributed by atoms with van der Waals surface area (Å²) in [6.45, 7) is 4.13. The molecule has 3 aliphatic heterocycles. The molecular formula is C13H23Cl2N2O6P. The van der Waals surface area contributed by atoms with Crippen molar-refractivity contribution in [2.75, 3.05) is 38.1 Å². The van der Waals surface area contributed by atoms with Crippen molar-refractivity contribution in [1.29, 1.82) is 0 Å². The molecule has 0 aromatic carbocycles. The monoisotopic (exact) mass is 404 g/mol. The molecule has 0 unspecified atom stereocenters. The molecule has 5 atom stereocenters. The predicted molar refractivity (Wildman–Crippen MR) is 88.2 cm³/mol. The van der Waals surface area contributed by atoms with Crippen LogP contribution in [0.2, 0.25) is 0 Å². The Morgan fingerprint density at radius 2 is 1.96 bits per heavy atom. The first-order chi connectivity index (χ1) is 11.3. The SMILES string of the molecule is CC1(C)OC[C@@H]2O[C@]3(CO)N[P@](=O)(N(CCCl)CCCl)O[C@H]3[C@H]2O1. The molecule has 8 nitrogen and oxygen atoms in total. The average Bonchev–Trinajstić information content (AvgIpc) is 2.97. The van der Waals surface area contributed by atoms with Crippen LogP contribution in [0.1, 0.15) is 13.8 Å². The fourth-order valence-corrected chi connectivity index (χ4v) is 6.33. The van der Waals surface area contributed by atoms with Gasteiger partial charge in [0.25, 0.3) is 0 Å². The summed E-state index contributed by atoms with van der Waals surface area (Å²) in [4.78, 5) is 0. The van der Waals surface area contributed by atoms with Gasteiger partial charge in [-0.25, -0.2) is 4.67 Å². The van der Waals surface area contributed by atoms with Gasteiger partial charge in [0.1, 0.15) is 18.3 Å². The zero-order chi connectivity index (χ0) is 17.6. The molecular weight excluding hydrogens is 382 g/mol. The van der Waals surface area contributed by atoms with E-state index in [0.29, 0.717) is 19.7 Å². The number of nitrogens with one attached hydrogen (secondary N) is 1. The molecule has 24 heavy (non-hydrogen) atoms. The molecule has 140 valence electrons. The zero-order valence-electron chi connectivity index (χ0n) is 13.6. The number of aliphatic hydroxyl groups is 1. The number of aliphatic hydroxyl groups excluding tert-OH is 1. The molecule has 0 spiro atoms. The van der Waals surface area contributed by atoms with Crippen LogP contribution in [0.25, 0.3) is 0 Å². The normalized spacial score (nSPS) is 43.8. The molecule has 3 aliphatic rings. The van der Waals surface area contributed by atoms with Crippen LogP contribution in [-0.4, -0.2) is 77.7 Å². The van der Waals surface area contributed by atoms with Gasteiger partial charge in [0, 0.05) is 24.8 Å². The van der Waals surface area contributed by atoms with Crippen LogP contribution in [-0.2, 0) is 23.3 Å².